The zero-order valence-electron chi connectivity index (χ0n) is 24.2. The van der Waals surface area contributed by atoms with E-state index in [1.54, 1.807) is 18.3 Å². The molecule has 7 nitrogen and oxygen atoms in total. The van der Waals surface area contributed by atoms with Gasteiger partial charge in [-0.2, -0.15) is 0 Å². The molecule has 1 N–H and O–H groups in total. The van der Waals surface area contributed by atoms with Crippen molar-refractivity contribution in [3.8, 4) is 0 Å². The van der Waals surface area contributed by atoms with Gasteiger partial charge >= 0.3 is 6.09 Å². The molecule has 2 unspecified atom stereocenters. The summed E-state index contributed by atoms with van der Waals surface area (Å²) in [5, 5.41) is 10.2. The third-order valence-electron chi connectivity index (χ3n) is 8.55. The van der Waals surface area contributed by atoms with E-state index in [9.17, 15) is 23.5 Å². The second-order valence-corrected chi connectivity index (χ2v) is 12.1. The van der Waals surface area contributed by atoms with Gasteiger partial charge in [0.1, 0.15) is 0 Å². The maximum atomic E-state index is 13.1. The molecule has 2 atom stereocenters. The van der Waals surface area contributed by atoms with Crippen LogP contribution in [0.5, 0.6) is 0 Å². The van der Waals surface area contributed by atoms with Gasteiger partial charge in [-0.15, -0.1) is 0 Å². The molecule has 0 radical (unpaired) electrons. The Bertz CT molecular complexity index is 1200. The molecule has 3 fully saturated rings. The fraction of sp³-hybridized carbons (Fsp3) is 0.581. The topological polar surface area (TPSA) is 77.0 Å². The van der Waals surface area contributed by atoms with Crippen molar-refractivity contribution in [1.29, 1.82) is 0 Å². The Morgan fingerprint density at radius 1 is 1.02 bits per heavy atom. The molecule has 41 heavy (non-hydrogen) atoms. The van der Waals surface area contributed by atoms with Gasteiger partial charge in [0.05, 0.1) is 11.3 Å². The molecule has 0 spiro atoms. The summed E-state index contributed by atoms with van der Waals surface area (Å²) in [6.07, 6.45) is 4.18. The summed E-state index contributed by atoms with van der Waals surface area (Å²) in [5.41, 5.74) is 4.03. The average molecular weight is 591 g/mol. The van der Waals surface area contributed by atoms with Gasteiger partial charge in [-0.25, -0.2) is 13.6 Å². The number of aromatic nitrogens is 1. The minimum Gasteiger partial charge on any atom is -0.465 e. The van der Waals surface area contributed by atoms with Crippen LogP contribution in [0.3, 0.4) is 0 Å². The molecule has 10 heteroatoms. The van der Waals surface area contributed by atoms with Crippen molar-refractivity contribution in [3.63, 3.8) is 0 Å². The summed E-state index contributed by atoms with van der Waals surface area (Å²) in [6.45, 7) is 10.5. The van der Waals surface area contributed by atoms with Gasteiger partial charge in [-0.05, 0) is 87.7 Å². The van der Waals surface area contributed by atoms with E-state index in [4.69, 9.17) is 11.6 Å². The molecule has 3 aliphatic rings. The number of pyridine rings is 1. The standard InChI is InChI=1S/C25H31ClN4O3.C6H10F2/c1-16-5-6-21(11-22(16)26)30(25(32)33)10-4-9-28-12-19-14-29(15-20(19)13-28)24(31)23-17(2)7-8-27-18(23)3;7-6(8)4-2-1-3-5-6/h5-8,11,19-20H,4,9-10,12-15H2,1-3H3,(H,32,33);1-5H2. The van der Waals surface area contributed by atoms with Crippen molar-refractivity contribution in [2.45, 2.75) is 65.2 Å². The molecule has 3 heterocycles. The van der Waals surface area contributed by atoms with Crippen molar-refractivity contribution in [2.75, 3.05) is 44.2 Å². The molecular weight excluding hydrogens is 550 g/mol. The first-order chi connectivity index (χ1) is 19.4. The molecule has 2 amide bonds. The molecule has 1 aromatic carbocycles. The second kappa shape index (κ2) is 13.5. The highest BCUT2D eigenvalue weighted by Crippen LogP contribution is 2.33. The Kier molecular flexibility index (Phi) is 10.2. The van der Waals surface area contributed by atoms with Crippen LogP contribution in [-0.4, -0.2) is 77.1 Å². The van der Waals surface area contributed by atoms with E-state index >= 15 is 0 Å². The van der Waals surface area contributed by atoms with E-state index in [2.05, 4.69) is 9.88 Å². The van der Waals surface area contributed by atoms with Crippen molar-refractivity contribution in [3.05, 3.63) is 57.9 Å². The number of alkyl halides is 2. The van der Waals surface area contributed by atoms with Crippen molar-refractivity contribution in [1.82, 2.24) is 14.8 Å². The highest BCUT2D eigenvalue weighted by molar-refractivity contribution is 6.31. The number of aryl methyl sites for hydroxylation is 3. The summed E-state index contributed by atoms with van der Waals surface area (Å²) in [6, 6.07) is 7.25. The van der Waals surface area contributed by atoms with Crippen LogP contribution in [0.2, 0.25) is 5.02 Å². The molecule has 0 bridgehead atoms. The molecule has 1 aliphatic carbocycles. The number of benzene rings is 1. The zero-order chi connectivity index (χ0) is 29.7. The summed E-state index contributed by atoms with van der Waals surface area (Å²) in [5.74, 6) is -1.29. The predicted octanol–water partition coefficient (Wildman–Crippen LogP) is 6.82. The highest BCUT2D eigenvalue weighted by atomic mass is 35.5. The van der Waals surface area contributed by atoms with E-state index in [1.165, 1.54) is 4.90 Å². The maximum Gasteiger partial charge on any atom is 0.411 e. The third-order valence-corrected chi connectivity index (χ3v) is 8.96. The smallest absolute Gasteiger partial charge is 0.411 e. The number of anilines is 1. The SMILES string of the molecule is Cc1ccc(N(CCCN2CC3CN(C(=O)c4c(C)ccnc4C)CC3C2)C(=O)O)cc1Cl.FC1(F)CCCCC1. The van der Waals surface area contributed by atoms with Crippen LogP contribution in [0.4, 0.5) is 19.3 Å². The van der Waals surface area contributed by atoms with Gasteiger partial charge in [0.2, 0.25) is 5.92 Å². The van der Waals surface area contributed by atoms with Crippen LogP contribution in [-0.2, 0) is 0 Å². The first-order valence-corrected chi connectivity index (χ1v) is 14.9. The molecule has 2 aromatic rings. The number of carbonyl (C=O) groups is 2. The van der Waals surface area contributed by atoms with Crippen molar-refractivity contribution < 1.29 is 23.5 Å². The lowest BCUT2D eigenvalue weighted by molar-refractivity contribution is -0.0337. The van der Waals surface area contributed by atoms with Gasteiger partial charge < -0.3 is 14.9 Å². The minimum absolute atomic E-state index is 0.0907. The Labute approximate surface area is 246 Å². The summed E-state index contributed by atoms with van der Waals surface area (Å²) >= 11 is 6.19. The highest BCUT2D eigenvalue weighted by Gasteiger charge is 2.42. The number of nitrogens with zero attached hydrogens (tertiary/aromatic N) is 4. The van der Waals surface area contributed by atoms with Gasteiger partial charge in [0.25, 0.3) is 5.91 Å². The number of hydrogen-bond donors (Lipinski definition) is 1. The van der Waals surface area contributed by atoms with E-state index in [-0.39, 0.29) is 18.7 Å². The van der Waals surface area contributed by atoms with Gasteiger partial charge in [-0.3, -0.25) is 14.7 Å². The lowest BCUT2D eigenvalue weighted by Gasteiger charge is -2.24. The number of fused-ring (bicyclic) bond motifs is 1. The average Bonchev–Trinajstić information content (AvgIpc) is 3.47. The van der Waals surface area contributed by atoms with Crippen molar-refractivity contribution >= 4 is 29.3 Å². The normalized spacial score (nSPS) is 21.7. The number of hydrogen-bond acceptors (Lipinski definition) is 4. The van der Waals surface area contributed by atoms with Crippen LogP contribution in [0.1, 0.15) is 65.7 Å². The largest absolute Gasteiger partial charge is 0.465 e. The second-order valence-electron chi connectivity index (χ2n) is 11.7. The Balaban J connectivity index is 0.000000417. The van der Waals surface area contributed by atoms with Crippen LogP contribution in [0, 0.1) is 32.6 Å². The molecule has 224 valence electrons. The number of carbonyl (C=O) groups excluding carboxylic acids is 1. The van der Waals surface area contributed by atoms with Crippen LogP contribution in [0.25, 0.3) is 0 Å². The zero-order valence-corrected chi connectivity index (χ0v) is 25.0. The third kappa shape index (κ3) is 7.95. The summed E-state index contributed by atoms with van der Waals surface area (Å²) in [7, 11) is 0. The molecule has 2 aliphatic heterocycles. The Hall–Kier alpha value is -2.78. The number of halogens is 3. The number of amides is 2. The molecule has 2 saturated heterocycles. The lowest BCUT2D eigenvalue weighted by Crippen LogP contribution is -2.36. The van der Waals surface area contributed by atoms with E-state index in [0.717, 1.165) is 67.9 Å². The maximum absolute atomic E-state index is 13.1. The molecule has 5 rings (SSSR count). The van der Waals surface area contributed by atoms with Gasteiger partial charge in [0.15, 0.2) is 0 Å². The Morgan fingerprint density at radius 3 is 2.22 bits per heavy atom. The monoisotopic (exact) mass is 590 g/mol. The first-order valence-electron chi connectivity index (χ1n) is 14.5. The van der Waals surface area contributed by atoms with E-state index in [1.807, 2.05) is 37.8 Å². The first kappa shape index (κ1) is 31.2. The van der Waals surface area contributed by atoms with Crippen LogP contribution in [0.15, 0.2) is 30.5 Å². The minimum atomic E-state index is -2.32. The molecule has 1 saturated carbocycles. The lowest BCUT2D eigenvalue weighted by atomic mass is 9.97. The van der Waals surface area contributed by atoms with Gasteiger partial charge in [-0.1, -0.05) is 24.1 Å². The van der Waals surface area contributed by atoms with Gasteiger partial charge in [0, 0.05) is 62.5 Å². The predicted molar refractivity (Wildman–Crippen MR) is 157 cm³/mol. The number of likely N-dealkylation sites (tertiary alicyclic amines) is 2. The molecule has 1 aromatic heterocycles. The Morgan fingerprint density at radius 2 is 1.68 bits per heavy atom. The quantitative estimate of drug-likeness (QED) is 0.399. The number of rotatable bonds is 6. The van der Waals surface area contributed by atoms with E-state index in [0.29, 0.717) is 41.9 Å². The summed E-state index contributed by atoms with van der Waals surface area (Å²) < 4.78 is 24.4. The van der Waals surface area contributed by atoms with Crippen molar-refractivity contribution in [2.24, 2.45) is 11.8 Å². The fourth-order valence-electron chi connectivity index (χ4n) is 6.22. The fourth-order valence-corrected chi connectivity index (χ4v) is 6.40. The van der Waals surface area contributed by atoms with E-state index < -0.39 is 12.0 Å². The molecular formula is C31H41ClF2N4O3. The summed E-state index contributed by atoms with van der Waals surface area (Å²) in [4.78, 5) is 34.9. The number of carboxylic acid groups (broad SMARTS) is 1. The van der Waals surface area contributed by atoms with Crippen LogP contribution >= 0.6 is 11.6 Å². The van der Waals surface area contributed by atoms with Crippen LogP contribution < -0.4 is 4.90 Å².